The molecule has 0 atom stereocenters. The Morgan fingerprint density at radius 3 is 2.37 bits per heavy atom. The minimum Gasteiger partial charge on any atom is -0.467 e. The van der Waals surface area contributed by atoms with Crippen molar-refractivity contribution in [2.75, 3.05) is 19.5 Å². The van der Waals surface area contributed by atoms with Crippen molar-refractivity contribution in [1.82, 2.24) is 19.7 Å². The summed E-state index contributed by atoms with van der Waals surface area (Å²) in [5, 5.41) is 2.16. The minimum absolute atomic E-state index is 0. The third kappa shape index (κ3) is 5.73. The first-order chi connectivity index (χ1) is 12.3. The van der Waals surface area contributed by atoms with Gasteiger partial charge in [-0.2, -0.15) is 15.0 Å². The topological polar surface area (TPSA) is 149 Å². The number of sulfonamides is 1. The van der Waals surface area contributed by atoms with Crippen LogP contribution in [0.3, 0.4) is 0 Å². The molecule has 2 rings (SSSR count). The van der Waals surface area contributed by atoms with Crippen molar-refractivity contribution in [3.05, 3.63) is 35.7 Å². The SMILES string of the molecule is COC(=O)c1ccccc1S(=O)(=O)NC(=O)Nc1nc(C)nc(OC)n1.[MgH2]. The monoisotopic (exact) mass is 407 g/mol. The number of methoxy groups -OCH3 is 2. The molecule has 11 nitrogen and oxygen atoms in total. The highest BCUT2D eigenvalue weighted by atomic mass is 32.2. The largest absolute Gasteiger partial charge is 0.467 e. The molecule has 27 heavy (non-hydrogen) atoms. The predicted molar refractivity (Wildman–Crippen MR) is 96.8 cm³/mol. The van der Waals surface area contributed by atoms with Crippen LogP contribution >= 0.6 is 0 Å². The van der Waals surface area contributed by atoms with Crippen LogP contribution in [0.1, 0.15) is 16.2 Å². The number of aryl methyl sites for hydroxylation is 1. The zero-order valence-electron chi connectivity index (χ0n) is 14.0. The maximum Gasteiger partial charge on any atom is 0.339 e. The van der Waals surface area contributed by atoms with E-state index >= 15 is 0 Å². The number of benzene rings is 1. The Hall–Kier alpha value is -2.51. The molecule has 0 radical (unpaired) electrons. The van der Waals surface area contributed by atoms with Crippen LogP contribution in [-0.4, -0.2) is 72.6 Å². The van der Waals surface area contributed by atoms with Crippen LogP contribution in [0.25, 0.3) is 0 Å². The lowest BCUT2D eigenvalue weighted by Gasteiger charge is -2.11. The van der Waals surface area contributed by atoms with Crippen molar-refractivity contribution >= 4 is 51.0 Å². The van der Waals surface area contributed by atoms with Gasteiger partial charge in [-0.05, 0) is 19.1 Å². The summed E-state index contributed by atoms with van der Waals surface area (Å²) in [6, 6.07) is 4.12. The first kappa shape index (κ1) is 22.5. The molecule has 0 saturated carbocycles. The third-order valence-electron chi connectivity index (χ3n) is 2.94. The molecule has 0 aliphatic carbocycles. The number of aromatic nitrogens is 3. The van der Waals surface area contributed by atoms with Crippen LogP contribution in [0.2, 0.25) is 0 Å². The van der Waals surface area contributed by atoms with E-state index in [0.29, 0.717) is 0 Å². The van der Waals surface area contributed by atoms with E-state index in [-0.39, 0.29) is 46.4 Å². The summed E-state index contributed by atoms with van der Waals surface area (Å²) in [5.41, 5.74) is -0.215. The van der Waals surface area contributed by atoms with Crippen LogP contribution in [0.4, 0.5) is 10.7 Å². The van der Waals surface area contributed by atoms with Gasteiger partial charge in [-0.3, -0.25) is 5.32 Å². The lowest BCUT2D eigenvalue weighted by Crippen LogP contribution is -2.35. The molecule has 2 amide bonds. The molecule has 1 aromatic carbocycles. The fourth-order valence-electron chi connectivity index (χ4n) is 1.89. The number of nitrogens with zero attached hydrogens (tertiary/aromatic N) is 3. The summed E-state index contributed by atoms with van der Waals surface area (Å²) >= 11 is 0. The first-order valence-electron chi connectivity index (χ1n) is 7.04. The van der Waals surface area contributed by atoms with Crippen LogP contribution in [0.15, 0.2) is 29.2 Å². The Morgan fingerprint density at radius 1 is 1.07 bits per heavy atom. The zero-order chi connectivity index (χ0) is 19.3. The molecule has 0 aliphatic rings. The average molecular weight is 408 g/mol. The van der Waals surface area contributed by atoms with Gasteiger partial charge < -0.3 is 9.47 Å². The maximum absolute atomic E-state index is 12.4. The van der Waals surface area contributed by atoms with Crippen molar-refractivity contribution in [3.8, 4) is 6.01 Å². The number of rotatable bonds is 5. The molecule has 1 aromatic heterocycles. The Kier molecular flexibility index (Phi) is 7.87. The zero-order valence-corrected chi connectivity index (χ0v) is 14.8. The number of carbonyl (C=O) groups excluding carboxylic acids is 2. The Balaban J connectivity index is 0.00000364. The lowest BCUT2D eigenvalue weighted by atomic mass is 10.2. The minimum atomic E-state index is -4.36. The fourth-order valence-corrected chi connectivity index (χ4v) is 2.99. The van der Waals surface area contributed by atoms with Crippen LogP contribution < -0.4 is 14.8 Å². The first-order valence-corrected chi connectivity index (χ1v) is 8.53. The molecule has 1 heterocycles. The van der Waals surface area contributed by atoms with Crippen molar-refractivity contribution in [3.63, 3.8) is 0 Å². The number of hydrogen-bond acceptors (Lipinski definition) is 9. The predicted octanol–water partition coefficient (Wildman–Crippen LogP) is -0.431. The number of nitrogens with one attached hydrogen (secondary N) is 2. The Labute approximate surface area is 171 Å². The second-order valence-corrected chi connectivity index (χ2v) is 6.39. The molecule has 0 spiro atoms. The van der Waals surface area contributed by atoms with Gasteiger partial charge in [0.2, 0.25) is 5.95 Å². The molecule has 0 aliphatic heterocycles. The van der Waals surface area contributed by atoms with Gasteiger partial charge in [-0.15, -0.1) is 0 Å². The molecule has 142 valence electrons. The quantitative estimate of drug-likeness (QED) is 0.497. The standard InChI is InChI=1S/C14H15N5O6S.Mg.2H/c1-8-15-12(18-14(16-8)25-3)17-13(21)19-26(22,23)10-7-5-4-6-9(10)11(20)24-2;;;/h4-7H,1-3H3,(H2,15,16,17,18,19,21);;;. The van der Waals surface area contributed by atoms with E-state index in [9.17, 15) is 18.0 Å². The highest BCUT2D eigenvalue weighted by Gasteiger charge is 2.25. The van der Waals surface area contributed by atoms with Gasteiger partial charge in [0.05, 0.1) is 19.8 Å². The summed E-state index contributed by atoms with van der Waals surface area (Å²) in [6.45, 7) is 1.54. The molecule has 0 fully saturated rings. The van der Waals surface area contributed by atoms with Crippen LogP contribution in [-0.2, 0) is 14.8 Å². The van der Waals surface area contributed by atoms with Gasteiger partial charge in [0.25, 0.3) is 10.0 Å². The highest BCUT2D eigenvalue weighted by molar-refractivity contribution is 7.90. The molecule has 13 heteroatoms. The van der Waals surface area contributed by atoms with Crippen LogP contribution in [0, 0.1) is 6.92 Å². The van der Waals surface area contributed by atoms with Crippen LogP contribution in [0.5, 0.6) is 6.01 Å². The van der Waals surface area contributed by atoms with E-state index in [2.05, 4.69) is 25.0 Å². The molecule has 2 aromatic rings. The van der Waals surface area contributed by atoms with E-state index in [1.165, 1.54) is 32.2 Å². The Bertz CT molecular complexity index is 953. The van der Waals surface area contributed by atoms with Gasteiger partial charge in [-0.25, -0.2) is 22.7 Å². The number of ether oxygens (including phenoxy) is 2. The number of carbonyl (C=O) groups is 2. The third-order valence-corrected chi connectivity index (χ3v) is 4.33. The van der Waals surface area contributed by atoms with Crippen molar-refractivity contribution in [1.29, 1.82) is 0 Å². The van der Waals surface area contributed by atoms with E-state index in [1.807, 2.05) is 0 Å². The average Bonchev–Trinajstić information content (AvgIpc) is 2.59. The molecular formula is C14H17MgN5O6S. The summed E-state index contributed by atoms with van der Waals surface area (Å²) in [5.74, 6) is -0.807. The molecular weight excluding hydrogens is 391 g/mol. The second-order valence-electron chi connectivity index (χ2n) is 4.74. The summed E-state index contributed by atoms with van der Waals surface area (Å²) in [7, 11) is -1.92. The number of esters is 1. The van der Waals surface area contributed by atoms with E-state index in [0.717, 1.165) is 13.2 Å². The summed E-state index contributed by atoms with van der Waals surface area (Å²) in [4.78, 5) is 34.7. The van der Waals surface area contributed by atoms with E-state index in [1.54, 1.807) is 4.72 Å². The van der Waals surface area contributed by atoms with Crippen molar-refractivity contribution < 1.29 is 27.5 Å². The van der Waals surface area contributed by atoms with Gasteiger partial charge in [0.15, 0.2) is 0 Å². The smallest absolute Gasteiger partial charge is 0.339 e. The number of anilines is 1. The normalized spacial score (nSPS) is 10.3. The second kappa shape index (κ2) is 9.43. The van der Waals surface area contributed by atoms with E-state index in [4.69, 9.17) is 4.74 Å². The van der Waals surface area contributed by atoms with Gasteiger partial charge in [0, 0.05) is 0 Å². The Morgan fingerprint density at radius 2 is 1.74 bits per heavy atom. The number of amides is 2. The van der Waals surface area contributed by atoms with Gasteiger partial charge >= 0.3 is 41.1 Å². The fraction of sp³-hybridized carbons (Fsp3) is 0.214. The molecule has 0 unspecified atom stereocenters. The van der Waals surface area contributed by atoms with Crippen molar-refractivity contribution in [2.45, 2.75) is 11.8 Å². The maximum atomic E-state index is 12.4. The molecule has 0 bridgehead atoms. The van der Waals surface area contributed by atoms with Crippen molar-refractivity contribution in [2.24, 2.45) is 0 Å². The molecule has 0 saturated heterocycles. The number of urea groups is 1. The van der Waals surface area contributed by atoms with Gasteiger partial charge in [-0.1, -0.05) is 12.1 Å². The highest BCUT2D eigenvalue weighted by Crippen LogP contribution is 2.16. The van der Waals surface area contributed by atoms with Gasteiger partial charge in [0.1, 0.15) is 10.7 Å². The number of hydrogen-bond donors (Lipinski definition) is 2. The summed E-state index contributed by atoms with van der Waals surface area (Å²) < 4.78 is 36.0. The van der Waals surface area contributed by atoms with E-state index < -0.39 is 26.9 Å². The summed E-state index contributed by atoms with van der Waals surface area (Å²) in [6.07, 6.45) is 0. The molecule has 2 N–H and O–H groups in total. The lowest BCUT2D eigenvalue weighted by molar-refractivity contribution is 0.0596.